The van der Waals surface area contributed by atoms with Crippen molar-refractivity contribution in [3.05, 3.63) is 106 Å². The molecule has 0 saturated heterocycles. The lowest BCUT2D eigenvalue weighted by atomic mass is 10.1. The van der Waals surface area contributed by atoms with Crippen molar-refractivity contribution >= 4 is 23.1 Å². The van der Waals surface area contributed by atoms with E-state index in [1.807, 2.05) is 6.92 Å². The van der Waals surface area contributed by atoms with E-state index in [1.54, 1.807) is 54.6 Å². The van der Waals surface area contributed by atoms with Crippen molar-refractivity contribution in [2.75, 3.05) is 0 Å². The van der Waals surface area contributed by atoms with Gasteiger partial charge in [0.2, 0.25) is 0 Å². The number of aryl methyl sites for hydroxylation is 1. The van der Waals surface area contributed by atoms with E-state index in [9.17, 15) is 13.6 Å². The molecule has 0 aliphatic carbocycles. The number of hydrogen-bond donors (Lipinski definition) is 0. The molecule has 0 N–H and O–H groups in total. The van der Waals surface area contributed by atoms with Crippen molar-refractivity contribution in [2.45, 2.75) is 6.92 Å². The average molecular weight is 374 g/mol. The van der Waals surface area contributed by atoms with Gasteiger partial charge in [-0.05, 0) is 60.5 Å². The fraction of sp³-hybridized carbons (Fsp3) is 0.0435. The van der Waals surface area contributed by atoms with E-state index >= 15 is 0 Å². The van der Waals surface area contributed by atoms with Gasteiger partial charge < -0.3 is 0 Å². The third-order valence-electron chi connectivity index (χ3n) is 4.51. The number of hydrogen-bond acceptors (Lipinski definition) is 2. The monoisotopic (exact) mass is 374 g/mol. The highest BCUT2D eigenvalue weighted by Gasteiger charge is 2.13. The third-order valence-corrected chi connectivity index (χ3v) is 4.51. The summed E-state index contributed by atoms with van der Waals surface area (Å²) in [6.45, 7) is 1.81. The third kappa shape index (κ3) is 3.34. The smallest absolute Gasteiger partial charge is 0.266 e. The molecule has 0 atom stereocenters. The van der Waals surface area contributed by atoms with Crippen molar-refractivity contribution in [1.29, 1.82) is 0 Å². The number of nitrogens with zero attached hydrogens (tertiary/aromatic N) is 2. The van der Waals surface area contributed by atoms with E-state index in [0.717, 1.165) is 11.1 Å². The Kier molecular flexibility index (Phi) is 4.57. The molecular weight excluding hydrogens is 358 g/mol. The predicted molar refractivity (Wildman–Crippen MR) is 107 cm³/mol. The normalized spacial score (nSPS) is 11.4. The summed E-state index contributed by atoms with van der Waals surface area (Å²) in [4.78, 5) is 17.8. The molecule has 1 aromatic heterocycles. The summed E-state index contributed by atoms with van der Waals surface area (Å²) in [7, 11) is 0. The van der Waals surface area contributed by atoms with Crippen LogP contribution in [0.25, 0.3) is 28.7 Å². The molecule has 0 aliphatic rings. The molecule has 3 aromatic carbocycles. The SMILES string of the molecule is Cc1ccc(F)cc1-n1c(C=Cc2ccc(F)cc2)nc2ccccc2c1=O. The van der Waals surface area contributed by atoms with E-state index in [0.29, 0.717) is 22.4 Å². The van der Waals surface area contributed by atoms with Gasteiger partial charge in [-0.3, -0.25) is 9.36 Å². The zero-order chi connectivity index (χ0) is 19.7. The fourth-order valence-electron chi connectivity index (χ4n) is 3.06. The van der Waals surface area contributed by atoms with Gasteiger partial charge >= 0.3 is 0 Å². The van der Waals surface area contributed by atoms with Gasteiger partial charge in [0.15, 0.2) is 0 Å². The number of para-hydroxylation sites is 1. The molecule has 3 nitrogen and oxygen atoms in total. The highest BCUT2D eigenvalue weighted by Crippen LogP contribution is 2.19. The van der Waals surface area contributed by atoms with E-state index in [2.05, 4.69) is 4.98 Å². The summed E-state index contributed by atoms with van der Waals surface area (Å²) in [6.07, 6.45) is 3.41. The molecule has 0 bridgehead atoms. The lowest BCUT2D eigenvalue weighted by Crippen LogP contribution is -2.23. The van der Waals surface area contributed by atoms with Gasteiger partial charge in [0, 0.05) is 0 Å². The van der Waals surface area contributed by atoms with Crippen LogP contribution in [-0.4, -0.2) is 9.55 Å². The Bertz CT molecular complexity index is 1260. The standard InChI is InChI=1S/C23H16F2N2O/c1-15-6-10-18(25)14-21(15)27-22(13-9-16-7-11-17(24)12-8-16)26-20-5-3-2-4-19(20)23(27)28/h2-14H,1H3. The summed E-state index contributed by atoms with van der Waals surface area (Å²) in [6, 6.07) is 17.3. The van der Waals surface area contributed by atoms with E-state index in [4.69, 9.17) is 0 Å². The molecule has 28 heavy (non-hydrogen) atoms. The Balaban J connectivity index is 1.97. The zero-order valence-corrected chi connectivity index (χ0v) is 15.1. The lowest BCUT2D eigenvalue weighted by molar-refractivity contribution is 0.625. The highest BCUT2D eigenvalue weighted by molar-refractivity contribution is 5.80. The van der Waals surface area contributed by atoms with Gasteiger partial charge in [-0.25, -0.2) is 13.8 Å². The fourth-order valence-corrected chi connectivity index (χ4v) is 3.06. The molecule has 4 rings (SSSR count). The summed E-state index contributed by atoms with van der Waals surface area (Å²) in [5.41, 5.74) is 2.21. The first-order chi connectivity index (χ1) is 13.5. The minimum atomic E-state index is -0.436. The second-order valence-electron chi connectivity index (χ2n) is 6.44. The van der Waals surface area contributed by atoms with Gasteiger partial charge in [-0.15, -0.1) is 0 Å². The van der Waals surface area contributed by atoms with E-state index in [-0.39, 0.29) is 11.4 Å². The Labute approximate surface area is 160 Å². The minimum absolute atomic E-state index is 0.280. The van der Waals surface area contributed by atoms with Crippen LogP contribution in [0.1, 0.15) is 17.0 Å². The molecule has 0 spiro atoms. The minimum Gasteiger partial charge on any atom is -0.268 e. The Morgan fingerprint density at radius 2 is 1.61 bits per heavy atom. The number of benzene rings is 3. The second-order valence-corrected chi connectivity index (χ2v) is 6.44. The molecule has 1 heterocycles. The molecular formula is C23H16F2N2O. The molecule has 0 fully saturated rings. The maximum atomic E-state index is 13.9. The van der Waals surface area contributed by atoms with Gasteiger partial charge in [0.25, 0.3) is 5.56 Å². The maximum absolute atomic E-state index is 13.9. The van der Waals surface area contributed by atoms with Crippen molar-refractivity contribution in [3.63, 3.8) is 0 Å². The second kappa shape index (κ2) is 7.19. The maximum Gasteiger partial charge on any atom is 0.266 e. The number of rotatable bonds is 3. The topological polar surface area (TPSA) is 34.9 Å². The largest absolute Gasteiger partial charge is 0.268 e. The Morgan fingerprint density at radius 1 is 0.893 bits per heavy atom. The van der Waals surface area contributed by atoms with Crippen LogP contribution in [0, 0.1) is 18.6 Å². The number of aromatic nitrogens is 2. The molecule has 0 amide bonds. The molecule has 138 valence electrons. The molecule has 0 radical (unpaired) electrons. The average Bonchev–Trinajstić information content (AvgIpc) is 2.70. The Hall–Kier alpha value is -3.60. The van der Waals surface area contributed by atoms with Gasteiger partial charge in [-0.1, -0.05) is 36.4 Å². The van der Waals surface area contributed by atoms with Crippen molar-refractivity contribution < 1.29 is 8.78 Å². The lowest BCUT2D eigenvalue weighted by Gasteiger charge is -2.14. The van der Waals surface area contributed by atoms with Gasteiger partial charge in [0.05, 0.1) is 16.6 Å². The Morgan fingerprint density at radius 3 is 2.39 bits per heavy atom. The van der Waals surface area contributed by atoms with E-state index in [1.165, 1.54) is 28.8 Å². The van der Waals surface area contributed by atoms with Gasteiger partial charge in [-0.2, -0.15) is 0 Å². The van der Waals surface area contributed by atoms with Gasteiger partial charge in [0.1, 0.15) is 17.5 Å². The first kappa shape index (κ1) is 17.8. The predicted octanol–water partition coefficient (Wildman–Crippen LogP) is 5.14. The van der Waals surface area contributed by atoms with Crippen LogP contribution < -0.4 is 5.56 Å². The van der Waals surface area contributed by atoms with E-state index < -0.39 is 5.82 Å². The van der Waals surface area contributed by atoms with Crippen molar-refractivity contribution in [1.82, 2.24) is 9.55 Å². The first-order valence-electron chi connectivity index (χ1n) is 8.75. The number of fused-ring (bicyclic) bond motifs is 1. The molecule has 5 heteroatoms. The number of halogens is 2. The van der Waals surface area contributed by atoms with Crippen molar-refractivity contribution in [2.24, 2.45) is 0 Å². The molecule has 0 unspecified atom stereocenters. The van der Waals surface area contributed by atoms with Crippen LogP contribution in [0.3, 0.4) is 0 Å². The quantitative estimate of drug-likeness (QED) is 0.497. The zero-order valence-electron chi connectivity index (χ0n) is 15.1. The van der Waals surface area contributed by atoms with Crippen molar-refractivity contribution in [3.8, 4) is 5.69 Å². The van der Waals surface area contributed by atoms with Crippen LogP contribution in [0.5, 0.6) is 0 Å². The summed E-state index contributed by atoms with van der Waals surface area (Å²) in [5, 5.41) is 0.449. The van der Waals surface area contributed by atoms with Crippen LogP contribution in [0.15, 0.2) is 71.5 Å². The molecule has 4 aromatic rings. The summed E-state index contributed by atoms with van der Waals surface area (Å²) in [5.74, 6) is -0.399. The molecule has 0 aliphatic heterocycles. The van der Waals surface area contributed by atoms with Crippen LogP contribution in [-0.2, 0) is 0 Å². The van der Waals surface area contributed by atoms with Crippen LogP contribution in [0.4, 0.5) is 8.78 Å². The summed E-state index contributed by atoms with van der Waals surface area (Å²) >= 11 is 0. The first-order valence-corrected chi connectivity index (χ1v) is 8.75. The summed E-state index contributed by atoms with van der Waals surface area (Å²) < 4.78 is 28.4. The van der Waals surface area contributed by atoms with Crippen LogP contribution in [0.2, 0.25) is 0 Å². The van der Waals surface area contributed by atoms with Crippen LogP contribution >= 0.6 is 0 Å². The highest BCUT2D eigenvalue weighted by atomic mass is 19.1. The molecule has 0 saturated carbocycles.